The summed E-state index contributed by atoms with van der Waals surface area (Å²) in [4.78, 5) is 29.4. The largest absolute Gasteiger partial charge is 0.343 e. The van der Waals surface area contributed by atoms with Gasteiger partial charge in [0.15, 0.2) is 0 Å². The smallest absolute Gasteiger partial charge is 0.251 e. The van der Waals surface area contributed by atoms with Crippen molar-refractivity contribution in [2.75, 3.05) is 45.1 Å². The Morgan fingerprint density at radius 1 is 0.968 bits per heavy atom. The van der Waals surface area contributed by atoms with E-state index < -0.39 is 0 Å². The summed E-state index contributed by atoms with van der Waals surface area (Å²) < 4.78 is 0. The van der Waals surface area contributed by atoms with Gasteiger partial charge in [-0.1, -0.05) is 45.0 Å². The molecule has 1 aliphatic heterocycles. The van der Waals surface area contributed by atoms with Crippen LogP contribution in [0.25, 0.3) is 0 Å². The van der Waals surface area contributed by atoms with E-state index in [9.17, 15) is 9.59 Å². The predicted octanol–water partition coefficient (Wildman–Crippen LogP) is 3.10. The first-order valence-corrected chi connectivity index (χ1v) is 10.9. The van der Waals surface area contributed by atoms with Crippen LogP contribution in [0.1, 0.15) is 42.3 Å². The summed E-state index contributed by atoms with van der Waals surface area (Å²) in [7, 11) is 2.15. The van der Waals surface area contributed by atoms with E-state index in [-0.39, 0.29) is 23.8 Å². The Morgan fingerprint density at radius 2 is 1.65 bits per heavy atom. The maximum atomic E-state index is 12.4. The molecule has 3 rings (SSSR count). The molecule has 0 radical (unpaired) electrons. The second kappa shape index (κ2) is 10.1. The van der Waals surface area contributed by atoms with Crippen molar-refractivity contribution in [3.63, 3.8) is 0 Å². The van der Waals surface area contributed by atoms with E-state index in [2.05, 4.69) is 54.3 Å². The molecule has 2 amide bonds. The lowest BCUT2D eigenvalue weighted by Crippen LogP contribution is -2.43. The minimum atomic E-state index is -0.251. The Bertz CT molecular complexity index is 894. The Hall–Kier alpha value is -2.70. The lowest BCUT2D eigenvalue weighted by molar-refractivity contribution is -0.115. The molecule has 2 N–H and O–H groups in total. The fourth-order valence-electron chi connectivity index (χ4n) is 3.60. The van der Waals surface area contributed by atoms with Crippen LogP contribution in [-0.4, -0.2) is 61.4 Å². The van der Waals surface area contributed by atoms with Crippen LogP contribution in [0.5, 0.6) is 0 Å². The number of likely N-dealkylation sites (N-methyl/N-ethyl adjacent to an activating group) is 1. The third-order valence-electron chi connectivity index (χ3n) is 5.64. The fraction of sp³-hybridized carbons (Fsp3) is 0.440. The standard InChI is InChI=1S/C25H34N4O2/c1-25(2,3)21-10-8-20(9-11-21)24(31)26-17-23(30)27-22-7-5-6-19(16-22)18-29-14-12-28(4)13-15-29/h5-11,16H,12-15,17-18H2,1-4H3,(H,26,31)(H,27,30). The average molecular weight is 423 g/mol. The van der Waals surface area contributed by atoms with Gasteiger partial charge in [-0.15, -0.1) is 0 Å². The quantitative estimate of drug-likeness (QED) is 0.751. The van der Waals surface area contributed by atoms with Crippen LogP contribution >= 0.6 is 0 Å². The zero-order chi connectivity index (χ0) is 22.4. The van der Waals surface area contributed by atoms with E-state index in [0.29, 0.717) is 5.56 Å². The lowest BCUT2D eigenvalue weighted by atomic mass is 9.87. The first-order valence-electron chi connectivity index (χ1n) is 10.9. The van der Waals surface area contributed by atoms with Crippen molar-refractivity contribution in [3.8, 4) is 0 Å². The van der Waals surface area contributed by atoms with Crippen molar-refractivity contribution in [1.82, 2.24) is 15.1 Å². The molecule has 0 unspecified atom stereocenters. The van der Waals surface area contributed by atoms with Gasteiger partial charge in [-0.2, -0.15) is 0 Å². The summed E-state index contributed by atoms with van der Waals surface area (Å²) in [5.74, 6) is -0.490. The Balaban J connectivity index is 1.48. The topological polar surface area (TPSA) is 64.7 Å². The van der Waals surface area contributed by atoms with E-state index in [1.165, 1.54) is 11.1 Å². The van der Waals surface area contributed by atoms with Crippen molar-refractivity contribution in [2.45, 2.75) is 32.7 Å². The number of nitrogens with zero attached hydrogens (tertiary/aromatic N) is 2. The Kier molecular flexibility index (Phi) is 7.46. The number of piperazine rings is 1. The van der Waals surface area contributed by atoms with Gasteiger partial charge in [0, 0.05) is 44.0 Å². The maximum absolute atomic E-state index is 12.4. The summed E-state index contributed by atoms with van der Waals surface area (Å²) in [6.45, 7) is 11.5. The van der Waals surface area contributed by atoms with Gasteiger partial charge in [0.05, 0.1) is 6.54 Å². The van der Waals surface area contributed by atoms with E-state index in [0.717, 1.165) is 38.4 Å². The molecule has 0 spiro atoms. The van der Waals surface area contributed by atoms with Crippen molar-refractivity contribution in [1.29, 1.82) is 0 Å². The first-order chi connectivity index (χ1) is 14.7. The number of anilines is 1. The average Bonchev–Trinajstić information content (AvgIpc) is 2.73. The summed E-state index contributed by atoms with van der Waals surface area (Å²) >= 11 is 0. The number of carbonyl (C=O) groups is 2. The molecule has 1 saturated heterocycles. The van der Waals surface area contributed by atoms with E-state index in [1.807, 2.05) is 30.3 Å². The number of carbonyl (C=O) groups excluding carboxylic acids is 2. The van der Waals surface area contributed by atoms with Crippen molar-refractivity contribution in [2.24, 2.45) is 0 Å². The van der Waals surface area contributed by atoms with Gasteiger partial charge in [0.2, 0.25) is 5.91 Å². The molecular weight excluding hydrogens is 388 g/mol. The normalized spacial score (nSPS) is 15.5. The molecule has 1 fully saturated rings. The highest BCUT2D eigenvalue weighted by atomic mass is 16.2. The molecule has 0 aliphatic carbocycles. The minimum absolute atomic E-state index is 0.0355. The lowest BCUT2D eigenvalue weighted by Gasteiger charge is -2.32. The van der Waals surface area contributed by atoms with Gasteiger partial charge in [-0.25, -0.2) is 0 Å². The highest BCUT2D eigenvalue weighted by molar-refractivity contribution is 5.99. The SMILES string of the molecule is CN1CCN(Cc2cccc(NC(=O)CNC(=O)c3ccc(C(C)(C)C)cc3)c2)CC1. The molecule has 31 heavy (non-hydrogen) atoms. The van der Waals surface area contributed by atoms with Gasteiger partial charge in [-0.3, -0.25) is 14.5 Å². The molecular formula is C25H34N4O2. The molecule has 0 atom stereocenters. The van der Waals surface area contributed by atoms with Crippen molar-refractivity contribution >= 4 is 17.5 Å². The molecule has 2 aromatic carbocycles. The monoisotopic (exact) mass is 422 g/mol. The molecule has 166 valence electrons. The summed E-state index contributed by atoms with van der Waals surface area (Å²) in [6, 6.07) is 15.4. The van der Waals surface area contributed by atoms with Crippen LogP contribution in [0, 0.1) is 0 Å². The van der Waals surface area contributed by atoms with E-state index in [4.69, 9.17) is 0 Å². The van der Waals surface area contributed by atoms with E-state index in [1.54, 1.807) is 12.1 Å². The minimum Gasteiger partial charge on any atom is -0.343 e. The van der Waals surface area contributed by atoms with E-state index >= 15 is 0 Å². The highest BCUT2D eigenvalue weighted by Crippen LogP contribution is 2.22. The summed E-state index contributed by atoms with van der Waals surface area (Å²) in [6.07, 6.45) is 0. The number of hydrogen-bond donors (Lipinski definition) is 2. The van der Waals surface area contributed by atoms with Crippen molar-refractivity contribution < 1.29 is 9.59 Å². The molecule has 6 heteroatoms. The number of benzene rings is 2. The highest BCUT2D eigenvalue weighted by Gasteiger charge is 2.16. The third-order valence-corrected chi connectivity index (χ3v) is 5.64. The maximum Gasteiger partial charge on any atom is 0.251 e. The third kappa shape index (κ3) is 6.91. The molecule has 6 nitrogen and oxygen atoms in total. The zero-order valence-corrected chi connectivity index (χ0v) is 19.1. The number of nitrogens with one attached hydrogen (secondary N) is 2. The molecule has 2 aromatic rings. The van der Waals surface area contributed by atoms with Crippen LogP contribution in [0.2, 0.25) is 0 Å². The summed E-state index contributed by atoms with van der Waals surface area (Å²) in [5.41, 5.74) is 3.67. The fourth-order valence-corrected chi connectivity index (χ4v) is 3.60. The van der Waals surface area contributed by atoms with Gasteiger partial charge in [-0.05, 0) is 47.9 Å². The van der Waals surface area contributed by atoms with Gasteiger partial charge in [0.1, 0.15) is 0 Å². The molecule has 1 aliphatic rings. The second-order valence-corrected chi connectivity index (χ2v) is 9.34. The Labute approximate surface area is 185 Å². The molecule has 0 bridgehead atoms. The van der Waals surface area contributed by atoms with Gasteiger partial charge < -0.3 is 15.5 Å². The Morgan fingerprint density at radius 3 is 2.29 bits per heavy atom. The van der Waals surface area contributed by atoms with Crippen LogP contribution in [0.4, 0.5) is 5.69 Å². The number of amides is 2. The van der Waals surface area contributed by atoms with Crippen LogP contribution in [0.15, 0.2) is 48.5 Å². The number of hydrogen-bond acceptors (Lipinski definition) is 4. The molecule has 1 heterocycles. The molecule has 0 saturated carbocycles. The summed E-state index contributed by atoms with van der Waals surface area (Å²) in [5, 5.41) is 5.58. The first kappa shape index (κ1) is 23.0. The van der Waals surface area contributed by atoms with Crippen LogP contribution in [0.3, 0.4) is 0 Å². The van der Waals surface area contributed by atoms with Crippen LogP contribution in [-0.2, 0) is 16.8 Å². The van der Waals surface area contributed by atoms with Gasteiger partial charge >= 0.3 is 0 Å². The number of rotatable bonds is 6. The van der Waals surface area contributed by atoms with Gasteiger partial charge in [0.25, 0.3) is 5.91 Å². The zero-order valence-electron chi connectivity index (χ0n) is 19.1. The molecule has 0 aromatic heterocycles. The van der Waals surface area contributed by atoms with Crippen LogP contribution < -0.4 is 10.6 Å². The second-order valence-electron chi connectivity index (χ2n) is 9.34. The van der Waals surface area contributed by atoms with Crippen molar-refractivity contribution in [3.05, 3.63) is 65.2 Å². The predicted molar refractivity (Wildman–Crippen MR) is 125 cm³/mol.